The Balaban J connectivity index is 2.10. The number of thioether (sulfide) groups is 1. The highest BCUT2D eigenvalue weighted by Crippen LogP contribution is 2.34. The molecule has 0 aliphatic heterocycles. The van der Waals surface area contributed by atoms with E-state index < -0.39 is 5.97 Å². The molecule has 0 heterocycles. The zero-order valence-electron chi connectivity index (χ0n) is 8.91. The van der Waals surface area contributed by atoms with Crippen molar-refractivity contribution in [3.8, 4) is 0 Å². The molecule has 2 atom stereocenters. The van der Waals surface area contributed by atoms with Gasteiger partial charge in [0.2, 0.25) is 0 Å². The largest absolute Gasteiger partial charge is 0.504 e. The Kier molecular flexibility index (Phi) is 3.28. The number of aliphatic carboxylic acids is 1. The summed E-state index contributed by atoms with van der Waals surface area (Å²) < 4.78 is 0. The van der Waals surface area contributed by atoms with Crippen molar-refractivity contribution < 1.29 is 20.1 Å². The van der Waals surface area contributed by atoms with Crippen LogP contribution in [-0.4, -0.2) is 27.0 Å². The minimum atomic E-state index is -0.856. The predicted molar refractivity (Wildman–Crippen MR) is 65.7 cm³/mol. The smallest absolute Gasteiger partial charge is 0.313 e. The van der Waals surface area contributed by atoms with E-state index in [4.69, 9.17) is 5.11 Å². The van der Waals surface area contributed by atoms with Gasteiger partial charge in [-0.2, -0.15) is 0 Å². The molecule has 0 spiro atoms. The standard InChI is InChI=1S/C12H12O4S/c13-10-4-7-1-2-9(17-6-12(15)16)3-8(7)5-11(10)14/h1-5,7-8,13-14H,6H2,(H,15,16). The molecule has 5 heteroatoms. The van der Waals surface area contributed by atoms with Gasteiger partial charge in [-0.25, -0.2) is 0 Å². The lowest BCUT2D eigenvalue weighted by Crippen LogP contribution is -2.15. The maximum atomic E-state index is 10.5. The number of rotatable bonds is 3. The summed E-state index contributed by atoms with van der Waals surface area (Å²) in [5.74, 6) is -1.06. The molecule has 0 bridgehead atoms. The third-order valence-electron chi connectivity index (χ3n) is 2.61. The van der Waals surface area contributed by atoms with E-state index in [0.29, 0.717) is 0 Å². The van der Waals surface area contributed by atoms with E-state index in [2.05, 4.69) is 0 Å². The number of allylic oxidation sites excluding steroid dienone is 5. The molecule has 0 radical (unpaired) electrons. The van der Waals surface area contributed by atoms with Crippen molar-refractivity contribution >= 4 is 17.7 Å². The highest BCUT2D eigenvalue weighted by molar-refractivity contribution is 8.03. The van der Waals surface area contributed by atoms with E-state index in [0.717, 1.165) is 4.91 Å². The first-order valence-corrected chi connectivity index (χ1v) is 6.11. The average molecular weight is 252 g/mol. The molecule has 3 N–H and O–H groups in total. The number of aliphatic hydroxyl groups is 2. The predicted octanol–water partition coefficient (Wildman–Crippen LogP) is 2.39. The van der Waals surface area contributed by atoms with Crippen LogP contribution in [0.2, 0.25) is 0 Å². The summed E-state index contributed by atoms with van der Waals surface area (Å²) in [5.41, 5.74) is 0. The van der Waals surface area contributed by atoms with E-state index in [9.17, 15) is 15.0 Å². The Morgan fingerprint density at radius 2 is 1.82 bits per heavy atom. The van der Waals surface area contributed by atoms with E-state index in [-0.39, 0.29) is 29.1 Å². The minimum absolute atomic E-state index is 0.0182. The van der Waals surface area contributed by atoms with Crippen LogP contribution in [-0.2, 0) is 4.79 Å². The first kappa shape index (κ1) is 11.9. The normalized spacial score (nSPS) is 26.7. The van der Waals surface area contributed by atoms with Gasteiger partial charge in [-0.3, -0.25) is 4.79 Å². The molecule has 4 nitrogen and oxygen atoms in total. The number of carboxylic acid groups (broad SMARTS) is 1. The molecule has 90 valence electrons. The van der Waals surface area contributed by atoms with Crippen molar-refractivity contribution in [3.63, 3.8) is 0 Å². The molecule has 0 aromatic carbocycles. The molecular formula is C12H12O4S. The highest BCUT2D eigenvalue weighted by atomic mass is 32.2. The monoisotopic (exact) mass is 252 g/mol. The SMILES string of the molecule is O=C(O)CSC1=CC2C=C(O)C(O)=CC2C=C1. The van der Waals surface area contributed by atoms with Gasteiger partial charge in [0.15, 0.2) is 11.5 Å². The van der Waals surface area contributed by atoms with Gasteiger partial charge < -0.3 is 15.3 Å². The van der Waals surface area contributed by atoms with E-state index in [1.54, 1.807) is 12.2 Å². The van der Waals surface area contributed by atoms with Gasteiger partial charge in [0.05, 0.1) is 5.75 Å². The Morgan fingerprint density at radius 3 is 2.47 bits per heavy atom. The Morgan fingerprint density at radius 1 is 1.18 bits per heavy atom. The first-order valence-electron chi connectivity index (χ1n) is 5.13. The second-order valence-corrected chi connectivity index (χ2v) is 4.92. The van der Waals surface area contributed by atoms with Crippen LogP contribution in [0.3, 0.4) is 0 Å². The summed E-state index contributed by atoms with van der Waals surface area (Å²) in [6, 6.07) is 0. The lowest BCUT2D eigenvalue weighted by Gasteiger charge is -2.24. The summed E-state index contributed by atoms with van der Waals surface area (Å²) in [5, 5.41) is 27.4. The molecule has 2 aliphatic carbocycles. The van der Waals surface area contributed by atoms with Crippen LogP contribution in [0.25, 0.3) is 0 Å². The number of fused-ring (bicyclic) bond motifs is 1. The zero-order valence-corrected chi connectivity index (χ0v) is 9.72. The van der Waals surface area contributed by atoms with Crippen LogP contribution in [0.4, 0.5) is 0 Å². The summed E-state index contributed by atoms with van der Waals surface area (Å²) in [6.45, 7) is 0. The molecule has 0 fully saturated rings. The maximum Gasteiger partial charge on any atom is 0.313 e. The van der Waals surface area contributed by atoms with Crippen LogP contribution < -0.4 is 0 Å². The van der Waals surface area contributed by atoms with Gasteiger partial charge in [0.1, 0.15) is 0 Å². The Hall–Kier alpha value is -1.62. The third kappa shape index (κ3) is 2.74. The van der Waals surface area contributed by atoms with Crippen LogP contribution >= 0.6 is 11.8 Å². The van der Waals surface area contributed by atoms with Crippen molar-refractivity contribution in [1.82, 2.24) is 0 Å². The zero-order chi connectivity index (χ0) is 12.4. The lowest BCUT2D eigenvalue weighted by molar-refractivity contribution is -0.133. The van der Waals surface area contributed by atoms with Gasteiger partial charge in [0, 0.05) is 16.7 Å². The molecule has 2 unspecified atom stereocenters. The minimum Gasteiger partial charge on any atom is -0.504 e. The molecule has 17 heavy (non-hydrogen) atoms. The number of aliphatic hydroxyl groups excluding tert-OH is 2. The topological polar surface area (TPSA) is 77.8 Å². The van der Waals surface area contributed by atoms with Crippen molar-refractivity contribution in [3.05, 3.63) is 46.8 Å². The fraction of sp³-hybridized carbons (Fsp3) is 0.250. The van der Waals surface area contributed by atoms with Crippen molar-refractivity contribution in [2.45, 2.75) is 0 Å². The number of hydrogen-bond donors (Lipinski definition) is 3. The molecule has 0 saturated heterocycles. The van der Waals surface area contributed by atoms with Crippen LogP contribution in [0.15, 0.2) is 46.8 Å². The molecule has 2 aliphatic rings. The van der Waals surface area contributed by atoms with Gasteiger partial charge in [-0.1, -0.05) is 18.2 Å². The van der Waals surface area contributed by atoms with E-state index >= 15 is 0 Å². The molecule has 2 rings (SSSR count). The van der Waals surface area contributed by atoms with Gasteiger partial charge in [0.25, 0.3) is 0 Å². The maximum absolute atomic E-state index is 10.5. The second kappa shape index (κ2) is 4.71. The summed E-state index contributed by atoms with van der Waals surface area (Å²) in [4.78, 5) is 11.3. The van der Waals surface area contributed by atoms with E-state index in [1.165, 1.54) is 11.8 Å². The summed E-state index contributed by atoms with van der Waals surface area (Å²) in [6.07, 6.45) is 8.80. The van der Waals surface area contributed by atoms with E-state index in [1.807, 2.05) is 18.2 Å². The van der Waals surface area contributed by atoms with Crippen molar-refractivity contribution in [2.75, 3.05) is 5.75 Å². The van der Waals surface area contributed by atoms with Gasteiger partial charge in [-0.05, 0) is 12.2 Å². The van der Waals surface area contributed by atoms with Crippen molar-refractivity contribution in [1.29, 1.82) is 0 Å². The Labute approximate surface area is 103 Å². The van der Waals surface area contributed by atoms with Crippen LogP contribution in [0.5, 0.6) is 0 Å². The number of hydrogen-bond acceptors (Lipinski definition) is 4. The fourth-order valence-corrected chi connectivity index (χ4v) is 2.51. The second-order valence-electron chi connectivity index (χ2n) is 3.87. The summed E-state index contributed by atoms with van der Waals surface area (Å²) >= 11 is 1.24. The van der Waals surface area contributed by atoms with Gasteiger partial charge in [-0.15, -0.1) is 11.8 Å². The molecular weight excluding hydrogens is 240 g/mol. The first-order chi connectivity index (χ1) is 8.06. The molecule has 0 aromatic rings. The quantitative estimate of drug-likeness (QED) is 0.718. The number of carboxylic acids is 1. The van der Waals surface area contributed by atoms with Crippen LogP contribution in [0.1, 0.15) is 0 Å². The highest BCUT2D eigenvalue weighted by Gasteiger charge is 2.24. The summed E-state index contributed by atoms with van der Waals surface area (Å²) in [7, 11) is 0. The fourth-order valence-electron chi connectivity index (χ4n) is 1.79. The third-order valence-corrected chi connectivity index (χ3v) is 3.61. The lowest BCUT2D eigenvalue weighted by atomic mass is 9.84. The average Bonchev–Trinajstić information content (AvgIpc) is 2.28. The molecule has 0 amide bonds. The number of carbonyl (C=O) groups is 1. The Bertz CT molecular complexity index is 459. The van der Waals surface area contributed by atoms with Crippen LogP contribution in [0, 0.1) is 11.8 Å². The molecule has 0 aromatic heterocycles. The molecule has 0 saturated carbocycles. The van der Waals surface area contributed by atoms with Crippen molar-refractivity contribution in [2.24, 2.45) is 11.8 Å². The van der Waals surface area contributed by atoms with Gasteiger partial charge >= 0.3 is 5.97 Å².